The van der Waals surface area contributed by atoms with Gasteiger partial charge in [0.25, 0.3) is 5.91 Å². The van der Waals surface area contributed by atoms with Crippen molar-refractivity contribution in [2.45, 2.75) is 12.8 Å². The molecule has 10 heteroatoms. The summed E-state index contributed by atoms with van der Waals surface area (Å²) in [4.78, 5) is 16.7. The molecule has 30 heavy (non-hydrogen) atoms. The number of hydrogen-bond acceptors (Lipinski definition) is 6. The molecule has 3 rings (SSSR count). The molecule has 0 aliphatic carbocycles. The second-order valence-electron chi connectivity index (χ2n) is 6.02. The van der Waals surface area contributed by atoms with Crippen molar-refractivity contribution in [1.82, 2.24) is 4.98 Å². The molecule has 0 unspecified atom stereocenters. The first-order valence-electron chi connectivity index (χ1n) is 8.63. The van der Waals surface area contributed by atoms with E-state index in [4.69, 9.17) is 14.2 Å². The van der Waals surface area contributed by atoms with Crippen LogP contribution in [0.5, 0.6) is 17.2 Å². The van der Waals surface area contributed by atoms with E-state index in [0.717, 1.165) is 5.69 Å². The van der Waals surface area contributed by atoms with Gasteiger partial charge in [-0.3, -0.25) is 4.79 Å². The van der Waals surface area contributed by atoms with Gasteiger partial charge < -0.3 is 19.5 Å². The van der Waals surface area contributed by atoms with E-state index in [1.54, 1.807) is 23.7 Å². The molecule has 1 heterocycles. The Morgan fingerprint density at radius 1 is 1.13 bits per heavy atom. The van der Waals surface area contributed by atoms with Gasteiger partial charge in [0.15, 0.2) is 18.1 Å². The van der Waals surface area contributed by atoms with Crippen LogP contribution in [0, 0.1) is 0 Å². The molecule has 6 nitrogen and oxygen atoms in total. The fourth-order valence-electron chi connectivity index (χ4n) is 2.42. The number of nitrogens with zero attached hydrogens (tertiary/aromatic N) is 1. The summed E-state index contributed by atoms with van der Waals surface area (Å²) in [6.45, 7) is -1.15. The minimum absolute atomic E-state index is 0.00602. The number of ether oxygens (including phenoxy) is 3. The molecule has 1 aromatic heterocycles. The normalized spacial score (nSPS) is 11.1. The van der Waals surface area contributed by atoms with E-state index in [1.165, 1.54) is 42.7 Å². The molecule has 0 aliphatic heterocycles. The number of anilines is 1. The van der Waals surface area contributed by atoms with Gasteiger partial charge in [0.1, 0.15) is 12.4 Å². The van der Waals surface area contributed by atoms with Crippen molar-refractivity contribution in [2.75, 3.05) is 19.0 Å². The summed E-state index contributed by atoms with van der Waals surface area (Å²) in [6, 6.07) is 10.4. The zero-order valence-electron chi connectivity index (χ0n) is 15.7. The molecule has 0 aliphatic rings. The van der Waals surface area contributed by atoms with Gasteiger partial charge in [-0.05, 0) is 30.3 Å². The summed E-state index contributed by atoms with van der Waals surface area (Å²) < 4.78 is 52.5. The number of alkyl halides is 3. The maximum atomic E-state index is 12.5. The summed E-state index contributed by atoms with van der Waals surface area (Å²) in [5.74, 6) is 0.338. The third-order valence-corrected chi connectivity index (χ3v) is 4.41. The van der Waals surface area contributed by atoms with Crippen LogP contribution in [-0.2, 0) is 6.61 Å². The van der Waals surface area contributed by atoms with E-state index in [-0.39, 0.29) is 17.9 Å². The maximum absolute atomic E-state index is 12.5. The highest BCUT2D eigenvalue weighted by molar-refractivity contribution is 7.07. The molecule has 0 spiro atoms. The number of methoxy groups -OCH3 is 1. The van der Waals surface area contributed by atoms with Crippen molar-refractivity contribution >= 4 is 22.9 Å². The van der Waals surface area contributed by atoms with E-state index in [1.807, 2.05) is 5.38 Å². The predicted octanol–water partition coefficient (Wildman–Crippen LogP) is 4.92. The zero-order chi connectivity index (χ0) is 21.6. The Labute approximate surface area is 174 Å². The fourth-order valence-corrected chi connectivity index (χ4v) is 2.96. The molecule has 1 amide bonds. The molecular formula is C20H17F3N2O4S. The second kappa shape index (κ2) is 9.49. The lowest BCUT2D eigenvalue weighted by molar-refractivity contribution is -0.153. The number of halogens is 3. The van der Waals surface area contributed by atoms with Gasteiger partial charge in [-0.15, -0.1) is 11.3 Å². The summed E-state index contributed by atoms with van der Waals surface area (Å²) in [6.07, 6.45) is -4.45. The van der Waals surface area contributed by atoms with E-state index < -0.39 is 18.7 Å². The Balaban J connectivity index is 1.66. The van der Waals surface area contributed by atoms with E-state index in [2.05, 4.69) is 10.3 Å². The van der Waals surface area contributed by atoms with Crippen molar-refractivity contribution in [3.05, 3.63) is 64.6 Å². The van der Waals surface area contributed by atoms with Crippen LogP contribution < -0.4 is 19.5 Å². The first-order valence-corrected chi connectivity index (χ1v) is 9.57. The summed E-state index contributed by atoms with van der Waals surface area (Å²) in [7, 11) is 1.45. The van der Waals surface area contributed by atoms with Crippen molar-refractivity contribution in [3.8, 4) is 17.2 Å². The van der Waals surface area contributed by atoms with Crippen LogP contribution in [0.25, 0.3) is 0 Å². The highest BCUT2D eigenvalue weighted by Gasteiger charge is 2.28. The number of rotatable bonds is 8. The number of aromatic nitrogens is 1. The van der Waals surface area contributed by atoms with Crippen molar-refractivity contribution < 1.29 is 32.2 Å². The Kier molecular flexibility index (Phi) is 6.78. The van der Waals surface area contributed by atoms with Gasteiger partial charge in [0, 0.05) is 22.7 Å². The number of benzene rings is 2. The van der Waals surface area contributed by atoms with Crippen molar-refractivity contribution in [1.29, 1.82) is 0 Å². The summed E-state index contributed by atoms with van der Waals surface area (Å²) in [5, 5.41) is 4.48. The summed E-state index contributed by atoms with van der Waals surface area (Å²) in [5.41, 5.74) is 3.06. The highest BCUT2D eigenvalue weighted by Crippen LogP contribution is 2.29. The first-order chi connectivity index (χ1) is 14.3. The molecule has 0 fully saturated rings. The maximum Gasteiger partial charge on any atom is 0.422 e. The molecule has 0 saturated carbocycles. The number of amides is 1. The lowest BCUT2D eigenvalue weighted by Gasteiger charge is -2.13. The van der Waals surface area contributed by atoms with Crippen LogP contribution >= 0.6 is 11.3 Å². The standard InChI is InChI=1S/C20H17F3N2O4S/c1-27-18-7-13(5-6-17(18)28-9-15-10-30-12-24-15)19(26)25-14-3-2-4-16(8-14)29-11-20(21,22)23/h2-8,10,12H,9,11H2,1H3,(H,25,26). The number of carbonyl (C=O) groups excluding carboxylic acids is 1. The average molecular weight is 438 g/mol. The van der Waals surface area contributed by atoms with Crippen LogP contribution in [0.15, 0.2) is 53.4 Å². The minimum atomic E-state index is -4.45. The molecule has 0 atom stereocenters. The van der Waals surface area contributed by atoms with Crippen molar-refractivity contribution in [3.63, 3.8) is 0 Å². The highest BCUT2D eigenvalue weighted by atomic mass is 32.1. The molecule has 3 aromatic rings. The van der Waals surface area contributed by atoms with Crippen LogP contribution in [0.3, 0.4) is 0 Å². The molecule has 158 valence electrons. The Morgan fingerprint density at radius 2 is 1.97 bits per heavy atom. The Morgan fingerprint density at radius 3 is 2.67 bits per heavy atom. The van der Waals surface area contributed by atoms with Gasteiger partial charge in [0.2, 0.25) is 0 Å². The van der Waals surface area contributed by atoms with E-state index in [9.17, 15) is 18.0 Å². The third-order valence-electron chi connectivity index (χ3n) is 3.78. The molecule has 2 aromatic carbocycles. The molecule has 0 radical (unpaired) electrons. The van der Waals surface area contributed by atoms with Gasteiger partial charge in [0.05, 0.1) is 18.3 Å². The van der Waals surface area contributed by atoms with Gasteiger partial charge in [-0.25, -0.2) is 4.98 Å². The average Bonchev–Trinajstić information content (AvgIpc) is 3.24. The van der Waals surface area contributed by atoms with Gasteiger partial charge >= 0.3 is 6.18 Å². The van der Waals surface area contributed by atoms with Gasteiger partial charge in [-0.2, -0.15) is 13.2 Å². The lowest BCUT2D eigenvalue weighted by atomic mass is 10.1. The zero-order valence-corrected chi connectivity index (χ0v) is 16.5. The summed E-state index contributed by atoms with van der Waals surface area (Å²) >= 11 is 1.46. The number of nitrogens with one attached hydrogen (secondary N) is 1. The van der Waals surface area contributed by atoms with Gasteiger partial charge in [-0.1, -0.05) is 6.07 Å². The van der Waals surface area contributed by atoms with E-state index in [0.29, 0.717) is 17.2 Å². The first kappa shape index (κ1) is 21.4. The monoisotopic (exact) mass is 438 g/mol. The Hall–Kier alpha value is -3.27. The third kappa shape index (κ3) is 6.11. The lowest BCUT2D eigenvalue weighted by Crippen LogP contribution is -2.19. The SMILES string of the molecule is COc1cc(C(=O)Nc2cccc(OCC(F)(F)F)c2)ccc1OCc1cscn1. The van der Waals surface area contributed by atoms with Crippen LogP contribution in [0.1, 0.15) is 16.1 Å². The Bertz CT molecular complexity index is 994. The minimum Gasteiger partial charge on any atom is -0.493 e. The molecule has 0 bridgehead atoms. The smallest absolute Gasteiger partial charge is 0.422 e. The topological polar surface area (TPSA) is 69.7 Å². The number of hydrogen-bond donors (Lipinski definition) is 1. The molecule has 1 N–H and O–H groups in total. The number of carbonyl (C=O) groups is 1. The predicted molar refractivity (Wildman–Crippen MR) is 105 cm³/mol. The van der Waals surface area contributed by atoms with Crippen LogP contribution in [-0.4, -0.2) is 30.8 Å². The fraction of sp³-hybridized carbons (Fsp3) is 0.200. The van der Waals surface area contributed by atoms with E-state index >= 15 is 0 Å². The quantitative estimate of drug-likeness (QED) is 0.540. The molecular weight excluding hydrogens is 421 g/mol. The van der Waals surface area contributed by atoms with Crippen molar-refractivity contribution in [2.24, 2.45) is 0 Å². The largest absolute Gasteiger partial charge is 0.493 e. The molecule has 0 saturated heterocycles. The second-order valence-corrected chi connectivity index (χ2v) is 6.74. The number of thiazole rings is 1. The van der Waals surface area contributed by atoms with Crippen LogP contribution in [0.2, 0.25) is 0 Å². The van der Waals surface area contributed by atoms with Crippen LogP contribution in [0.4, 0.5) is 18.9 Å².